The van der Waals surface area contributed by atoms with Gasteiger partial charge in [0.1, 0.15) is 5.75 Å². The summed E-state index contributed by atoms with van der Waals surface area (Å²) >= 11 is 0. The largest absolute Gasteiger partial charge is 0.493 e. The molecular formula is C18H27NO. The number of hydrogen-bond donors (Lipinski definition) is 1. The molecule has 0 amide bonds. The summed E-state index contributed by atoms with van der Waals surface area (Å²) in [5, 5.41) is 3.81. The average Bonchev–Trinajstić information content (AvgIpc) is 2.43. The number of rotatable bonds is 6. The average molecular weight is 273 g/mol. The highest BCUT2D eigenvalue weighted by atomic mass is 16.5. The van der Waals surface area contributed by atoms with Crippen LogP contribution in [0.25, 0.3) is 0 Å². The maximum atomic E-state index is 5.80. The zero-order chi connectivity index (χ0) is 13.8. The van der Waals surface area contributed by atoms with E-state index in [1.54, 1.807) is 0 Å². The van der Waals surface area contributed by atoms with Gasteiger partial charge in [0, 0.05) is 6.04 Å². The molecule has 2 heteroatoms. The van der Waals surface area contributed by atoms with Crippen LogP contribution in [-0.2, 0) is 0 Å². The van der Waals surface area contributed by atoms with E-state index in [9.17, 15) is 0 Å². The lowest BCUT2D eigenvalue weighted by Gasteiger charge is -2.37. The van der Waals surface area contributed by atoms with Crippen LogP contribution >= 0.6 is 0 Å². The Hall–Kier alpha value is -1.02. The molecule has 2 atom stereocenters. The smallest absolute Gasteiger partial charge is 0.122 e. The zero-order valence-corrected chi connectivity index (χ0v) is 12.6. The van der Waals surface area contributed by atoms with Crippen LogP contribution in [0.4, 0.5) is 0 Å². The van der Waals surface area contributed by atoms with Gasteiger partial charge in [-0.15, -0.1) is 0 Å². The van der Waals surface area contributed by atoms with Crippen molar-refractivity contribution in [2.75, 3.05) is 13.2 Å². The Kier molecular flexibility index (Phi) is 4.62. The highest BCUT2D eigenvalue weighted by Gasteiger charge is 2.31. The molecule has 1 fully saturated rings. The van der Waals surface area contributed by atoms with Gasteiger partial charge >= 0.3 is 0 Å². The SMILES string of the molecule is CCCNC(CC1CCOc2ccccc21)C1CCC1. The highest BCUT2D eigenvalue weighted by Crippen LogP contribution is 2.40. The molecular weight excluding hydrogens is 246 g/mol. The van der Waals surface area contributed by atoms with Crippen LogP contribution in [0.1, 0.15) is 56.9 Å². The lowest BCUT2D eigenvalue weighted by Crippen LogP contribution is -2.41. The Bertz CT molecular complexity index is 427. The second-order valence-electron chi connectivity index (χ2n) is 6.36. The van der Waals surface area contributed by atoms with Crippen molar-refractivity contribution in [1.29, 1.82) is 0 Å². The summed E-state index contributed by atoms with van der Waals surface area (Å²) < 4.78 is 5.80. The van der Waals surface area contributed by atoms with Crippen molar-refractivity contribution in [2.45, 2.75) is 57.4 Å². The second kappa shape index (κ2) is 6.62. The van der Waals surface area contributed by atoms with Crippen molar-refractivity contribution in [3.63, 3.8) is 0 Å². The van der Waals surface area contributed by atoms with E-state index >= 15 is 0 Å². The number of fused-ring (bicyclic) bond motifs is 1. The first kappa shape index (κ1) is 13.9. The molecule has 1 aromatic rings. The van der Waals surface area contributed by atoms with Crippen LogP contribution < -0.4 is 10.1 Å². The second-order valence-corrected chi connectivity index (χ2v) is 6.36. The van der Waals surface area contributed by atoms with E-state index in [2.05, 4.69) is 36.5 Å². The fraction of sp³-hybridized carbons (Fsp3) is 0.667. The van der Waals surface area contributed by atoms with E-state index in [0.29, 0.717) is 12.0 Å². The van der Waals surface area contributed by atoms with Crippen LogP contribution in [0.3, 0.4) is 0 Å². The predicted octanol–water partition coefficient (Wildman–Crippen LogP) is 4.11. The highest BCUT2D eigenvalue weighted by molar-refractivity contribution is 5.37. The minimum absolute atomic E-state index is 0.676. The van der Waals surface area contributed by atoms with Gasteiger partial charge in [-0.1, -0.05) is 31.5 Å². The molecule has 2 nitrogen and oxygen atoms in total. The summed E-state index contributed by atoms with van der Waals surface area (Å²) in [5.74, 6) is 2.71. The van der Waals surface area contributed by atoms with Gasteiger partial charge in [0.2, 0.25) is 0 Å². The van der Waals surface area contributed by atoms with E-state index in [1.165, 1.54) is 44.1 Å². The Morgan fingerprint density at radius 3 is 2.85 bits per heavy atom. The first-order chi connectivity index (χ1) is 9.88. The lowest BCUT2D eigenvalue weighted by atomic mass is 9.75. The van der Waals surface area contributed by atoms with Crippen molar-refractivity contribution >= 4 is 0 Å². The Labute approximate surface area is 122 Å². The quantitative estimate of drug-likeness (QED) is 0.842. The topological polar surface area (TPSA) is 21.3 Å². The number of nitrogens with one attached hydrogen (secondary N) is 1. The normalized spacial score (nSPS) is 23.6. The van der Waals surface area contributed by atoms with Crippen molar-refractivity contribution in [2.24, 2.45) is 5.92 Å². The first-order valence-corrected chi connectivity index (χ1v) is 8.33. The van der Waals surface area contributed by atoms with Gasteiger partial charge in [-0.2, -0.15) is 0 Å². The van der Waals surface area contributed by atoms with Crippen molar-refractivity contribution in [1.82, 2.24) is 5.32 Å². The molecule has 0 spiro atoms. The van der Waals surface area contributed by atoms with Gasteiger partial charge in [0.05, 0.1) is 6.61 Å². The third kappa shape index (κ3) is 3.01. The van der Waals surface area contributed by atoms with Crippen molar-refractivity contribution in [3.8, 4) is 5.75 Å². The summed E-state index contributed by atoms with van der Waals surface area (Å²) in [6, 6.07) is 9.33. The van der Waals surface area contributed by atoms with Crippen LogP contribution in [0, 0.1) is 5.92 Å². The molecule has 1 aliphatic carbocycles. The van der Waals surface area contributed by atoms with Gasteiger partial charge in [0.15, 0.2) is 0 Å². The van der Waals surface area contributed by atoms with E-state index < -0.39 is 0 Å². The minimum atomic E-state index is 0.676. The summed E-state index contributed by atoms with van der Waals surface area (Å²) in [6.07, 6.45) is 7.96. The fourth-order valence-electron chi connectivity index (χ4n) is 3.58. The van der Waals surface area contributed by atoms with E-state index in [0.717, 1.165) is 24.8 Å². The number of hydrogen-bond acceptors (Lipinski definition) is 2. The zero-order valence-electron chi connectivity index (χ0n) is 12.6. The van der Waals surface area contributed by atoms with Gasteiger partial charge in [-0.05, 0) is 62.1 Å². The maximum absolute atomic E-state index is 5.80. The molecule has 0 aromatic heterocycles. The number of ether oxygens (including phenoxy) is 1. The molecule has 2 aliphatic rings. The molecule has 1 N–H and O–H groups in total. The molecule has 2 unspecified atom stereocenters. The van der Waals surface area contributed by atoms with E-state index in [1.807, 2.05) is 0 Å². The Balaban J connectivity index is 1.68. The molecule has 110 valence electrons. The molecule has 1 saturated carbocycles. The number of benzene rings is 1. The third-order valence-electron chi connectivity index (χ3n) is 5.00. The molecule has 20 heavy (non-hydrogen) atoms. The standard InChI is InChI=1S/C18H27NO/c1-2-11-19-17(14-6-5-7-14)13-15-10-12-20-18-9-4-3-8-16(15)18/h3-4,8-9,14-15,17,19H,2,5-7,10-13H2,1H3. The summed E-state index contributed by atoms with van der Waals surface area (Å²) in [6.45, 7) is 4.30. The maximum Gasteiger partial charge on any atom is 0.122 e. The minimum Gasteiger partial charge on any atom is -0.493 e. The lowest BCUT2D eigenvalue weighted by molar-refractivity contribution is 0.193. The Morgan fingerprint density at radius 1 is 1.25 bits per heavy atom. The molecule has 0 bridgehead atoms. The van der Waals surface area contributed by atoms with Crippen molar-refractivity contribution < 1.29 is 4.74 Å². The number of para-hydroxylation sites is 1. The molecule has 1 aliphatic heterocycles. The van der Waals surface area contributed by atoms with E-state index in [-0.39, 0.29) is 0 Å². The van der Waals surface area contributed by atoms with Crippen LogP contribution in [-0.4, -0.2) is 19.2 Å². The third-order valence-corrected chi connectivity index (χ3v) is 5.00. The van der Waals surface area contributed by atoms with Gasteiger partial charge in [-0.25, -0.2) is 0 Å². The summed E-state index contributed by atoms with van der Waals surface area (Å²) in [4.78, 5) is 0. The Morgan fingerprint density at radius 2 is 2.10 bits per heavy atom. The van der Waals surface area contributed by atoms with Crippen molar-refractivity contribution in [3.05, 3.63) is 29.8 Å². The molecule has 0 radical (unpaired) electrons. The molecule has 0 saturated heterocycles. The van der Waals surface area contributed by atoms with E-state index in [4.69, 9.17) is 4.74 Å². The monoisotopic (exact) mass is 273 g/mol. The van der Waals surface area contributed by atoms with Crippen LogP contribution in [0.2, 0.25) is 0 Å². The summed E-state index contributed by atoms with van der Waals surface area (Å²) in [5.41, 5.74) is 1.43. The van der Waals surface area contributed by atoms with Gasteiger partial charge in [0.25, 0.3) is 0 Å². The van der Waals surface area contributed by atoms with Gasteiger partial charge in [-0.3, -0.25) is 0 Å². The molecule has 1 aromatic carbocycles. The fourth-order valence-corrected chi connectivity index (χ4v) is 3.58. The van der Waals surface area contributed by atoms with Gasteiger partial charge < -0.3 is 10.1 Å². The first-order valence-electron chi connectivity index (χ1n) is 8.33. The van der Waals surface area contributed by atoms with Crippen LogP contribution in [0.15, 0.2) is 24.3 Å². The predicted molar refractivity (Wildman–Crippen MR) is 83.3 cm³/mol. The van der Waals surface area contributed by atoms with Crippen LogP contribution in [0.5, 0.6) is 5.75 Å². The molecule has 3 rings (SSSR count). The summed E-state index contributed by atoms with van der Waals surface area (Å²) in [7, 11) is 0. The molecule has 1 heterocycles.